The van der Waals surface area contributed by atoms with Gasteiger partial charge in [-0.2, -0.15) is 0 Å². The van der Waals surface area contributed by atoms with Crippen LogP contribution in [-0.4, -0.2) is 33.0 Å². The van der Waals surface area contributed by atoms with E-state index in [0.717, 1.165) is 4.90 Å². The van der Waals surface area contributed by atoms with Crippen LogP contribution in [0, 0.1) is 0 Å². The number of fused-ring (bicyclic) bond motifs is 1. The van der Waals surface area contributed by atoms with Gasteiger partial charge in [-0.05, 0) is 26.0 Å². The van der Waals surface area contributed by atoms with E-state index < -0.39 is 24.5 Å². The molecule has 0 radical (unpaired) electrons. The monoisotopic (exact) mass is 315 g/mol. The zero-order valence-corrected chi connectivity index (χ0v) is 13.0. The van der Waals surface area contributed by atoms with E-state index in [9.17, 15) is 19.0 Å². The molecule has 1 atom stereocenters. The third-order valence-electron chi connectivity index (χ3n) is 3.69. The molecule has 1 aliphatic heterocycles. The van der Waals surface area contributed by atoms with Crippen molar-refractivity contribution in [1.29, 1.82) is 0 Å². The van der Waals surface area contributed by atoms with Crippen LogP contribution in [0.4, 0.5) is 0 Å². The lowest BCUT2D eigenvalue weighted by Crippen LogP contribution is -2.47. The highest BCUT2D eigenvalue weighted by Crippen LogP contribution is 2.57. The third-order valence-corrected chi connectivity index (χ3v) is 6.78. The van der Waals surface area contributed by atoms with E-state index in [0.29, 0.717) is 0 Å². The molecule has 2 amide bonds. The summed E-state index contributed by atoms with van der Waals surface area (Å²) < 4.78 is 12.3. The maximum atomic E-state index is 12.4. The minimum atomic E-state index is -3.70. The average Bonchev–Trinajstić information content (AvgIpc) is 2.63. The quantitative estimate of drug-likeness (QED) is 0.687. The SMILES string of the molecule is CCP(=O)(O)C(C)(C)N1C(=O)c2cccc(Cl)c2C1=O. The van der Waals surface area contributed by atoms with Gasteiger partial charge in [0.1, 0.15) is 5.28 Å². The Morgan fingerprint density at radius 2 is 1.90 bits per heavy atom. The molecule has 108 valence electrons. The molecule has 0 saturated carbocycles. The summed E-state index contributed by atoms with van der Waals surface area (Å²) in [6, 6.07) is 4.58. The first-order valence-electron chi connectivity index (χ1n) is 6.14. The standard InChI is InChI=1S/C13H15ClNO4P/c1-4-20(18,19)13(2,3)15-11(16)8-6-5-7-9(14)10(8)12(15)17/h5-7H,4H2,1-3H3,(H,18,19). The van der Waals surface area contributed by atoms with Crippen LogP contribution in [0.15, 0.2) is 18.2 Å². The van der Waals surface area contributed by atoms with E-state index in [-0.39, 0.29) is 22.3 Å². The van der Waals surface area contributed by atoms with Gasteiger partial charge in [0.15, 0.2) is 0 Å². The van der Waals surface area contributed by atoms with Gasteiger partial charge in [-0.15, -0.1) is 0 Å². The molecule has 0 spiro atoms. The van der Waals surface area contributed by atoms with Crippen LogP contribution in [0.25, 0.3) is 0 Å². The molecule has 20 heavy (non-hydrogen) atoms. The Bertz CT molecular complexity index is 656. The number of carbonyl (C=O) groups excluding carboxylic acids is 2. The lowest BCUT2D eigenvalue weighted by molar-refractivity contribution is 0.0559. The summed E-state index contributed by atoms with van der Waals surface area (Å²) >= 11 is 5.96. The van der Waals surface area contributed by atoms with Crippen molar-refractivity contribution in [3.63, 3.8) is 0 Å². The molecule has 7 heteroatoms. The minimum absolute atomic E-state index is 0.0266. The largest absolute Gasteiger partial charge is 0.343 e. The van der Waals surface area contributed by atoms with Crippen molar-refractivity contribution in [1.82, 2.24) is 4.90 Å². The summed E-state index contributed by atoms with van der Waals surface area (Å²) in [4.78, 5) is 35.7. The van der Waals surface area contributed by atoms with E-state index in [4.69, 9.17) is 11.6 Å². The first-order chi connectivity index (χ1) is 9.15. The normalized spacial score (nSPS) is 18.1. The van der Waals surface area contributed by atoms with Crippen LogP contribution in [0.2, 0.25) is 5.02 Å². The summed E-state index contributed by atoms with van der Waals surface area (Å²) in [6.45, 7) is 4.40. The summed E-state index contributed by atoms with van der Waals surface area (Å²) in [7, 11) is -3.70. The van der Waals surface area contributed by atoms with Gasteiger partial charge in [0.2, 0.25) is 7.37 Å². The van der Waals surface area contributed by atoms with Crippen molar-refractivity contribution in [3.05, 3.63) is 34.3 Å². The molecule has 2 rings (SSSR count). The number of halogens is 1. The van der Waals surface area contributed by atoms with Crippen molar-refractivity contribution in [2.24, 2.45) is 0 Å². The Morgan fingerprint density at radius 3 is 2.40 bits per heavy atom. The first kappa shape index (κ1) is 15.2. The molecular weight excluding hydrogens is 301 g/mol. The summed E-state index contributed by atoms with van der Waals surface area (Å²) in [6.07, 6.45) is -0.0266. The Kier molecular flexibility index (Phi) is 3.57. The summed E-state index contributed by atoms with van der Waals surface area (Å²) in [5.41, 5.74) is 0.273. The molecule has 1 N–H and O–H groups in total. The zero-order valence-electron chi connectivity index (χ0n) is 11.4. The number of rotatable bonds is 3. The highest BCUT2D eigenvalue weighted by Gasteiger charge is 2.52. The molecule has 0 bridgehead atoms. The van der Waals surface area contributed by atoms with Crippen molar-refractivity contribution < 1.29 is 19.0 Å². The number of amides is 2. The second-order valence-electron chi connectivity index (χ2n) is 5.12. The maximum absolute atomic E-state index is 12.4. The van der Waals surface area contributed by atoms with Crippen molar-refractivity contribution in [2.45, 2.75) is 26.1 Å². The molecule has 1 aromatic rings. The third kappa shape index (κ3) is 1.93. The summed E-state index contributed by atoms with van der Waals surface area (Å²) in [5.74, 6) is -1.21. The van der Waals surface area contributed by atoms with Gasteiger partial charge < -0.3 is 4.89 Å². The lowest BCUT2D eigenvalue weighted by Gasteiger charge is -2.36. The van der Waals surface area contributed by atoms with Gasteiger partial charge >= 0.3 is 0 Å². The van der Waals surface area contributed by atoms with Gasteiger partial charge in [0.05, 0.1) is 16.1 Å². The molecular formula is C13H15ClNO4P. The predicted molar refractivity (Wildman–Crippen MR) is 76.4 cm³/mol. The first-order valence-corrected chi connectivity index (χ1v) is 8.36. The minimum Gasteiger partial charge on any atom is -0.343 e. The second-order valence-corrected chi connectivity index (χ2v) is 8.66. The number of carbonyl (C=O) groups is 2. The van der Waals surface area contributed by atoms with E-state index in [1.807, 2.05) is 0 Å². The van der Waals surface area contributed by atoms with E-state index in [2.05, 4.69) is 0 Å². The smallest absolute Gasteiger partial charge is 0.264 e. The number of benzene rings is 1. The summed E-state index contributed by atoms with van der Waals surface area (Å²) in [5, 5.41) is -1.30. The fraction of sp³-hybridized carbons (Fsp3) is 0.385. The molecule has 0 fully saturated rings. The van der Waals surface area contributed by atoms with Crippen LogP contribution in [0.3, 0.4) is 0 Å². The molecule has 0 aliphatic carbocycles. The van der Waals surface area contributed by atoms with Crippen LogP contribution >= 0.6 is 19.0 Å². The van der Waals surface area contributed by atoms with Crippen LogP contribution in [0.1, 0.15) is 41.5 Å². The highest BCUT2D eigenvalue weighted by molar-refractivity contribution is 7.59. The number of hydrogen-bond donors (Lipinski definition) is 1. The van der Waals surface area contributed by atoms with Crippen LogP contribution in [-0.2, 0) is 4.57 Å². The van der Waals surface area contributed by atoms with Crippen LogP contribution in [0.5, 0.6) is 0 Å². The second kappa shape index (κ2) is 4.69. The predicted octanol–water partition coefficient (Wildman–Crippen LogP) is 2.96. The van der Waals surface area contributed by atoms with E-state index in [1.165, 1.54) is 26.0 Å². The Labute approximate surface area is 122 Å². The van der Waals surface area contributed by atoms with Gasteiger partial charge in [-0.3, -0.25) is 19.1 Å². The van der Waals surface area contributed by atoms with Gasteiger partial charge in [-0.25, -0.2) is 0 Å². The van der Waals surface area contributed by atoms with Crippen LogP contribution < -0.4 is 0 Å². The zero-order chi connectivity index (χ0) is 15.3. The Morgan fingerprint density at radius 1 is 1.30 bits per heavy atom. The highest BCUT2D eigenvalue weighted by atomic mass is 35.5. The van der Waals surface area contributed by atoms with Crippen molar-refractivity contribution in [2.75, 3.05) is 6.16 Å². The topological polar surface area (TPSA) is 74.7 Å². The fourth-order valence-electron chi connectivity index (χ4n) is 2.28. The molecule has 1 unspecified atom stereocenters. The number of imide groups is 1. The Hall–Kier alpha value is -1.16. The maximum Gasteiger partial charge on any atom is 0.264 e. The lowest BCUT2D eigenvalue weighted by atomic mass is 10.1. The molecule has 0 aromatic heterocycles. The van der Waals surface area contributed by atoms with E-state index in [1.54, 1.807) is 13.0 Å². The van der Waals surface area contributed by atoms with Crippen molar-refractivity contribution >= 4 is 30.8 Å². The molecule has 5 nitrogen and oxygen atoms in total. The molecule has 1 heterocycles. The van der Waals surface area contributed by atoms with Gasteiger partial charge in [-0.1, -0.05) is 24.6 Å². The fourth-order valence-corrected chi connectivity index (χ4v) is 3.81. The average molecular weight is 316 g/mol. The van der Waals surface area contributed by atoms with Gasteiger partial charge in [0.25, 0.3) is 11.8 Å². The molecule has 0 saturated heterocycles. The number of nitrogens with zero attached hydrogens (tertiary/aromatic N) is 1. The van der Waals surface area contributed by atoms with Crippen molar-refractivity contribution in [3.8, 4) is 0 Å². The molecule has 1 aliphatic rings. The Balaban J connectivity index is 2.59. The number of hydrogen-bond acceptors (Lipinski definition) is 3. The van der Waals surface area contributed by atoms with Gasteiger partial charge in [0, 0.05) is 6.16 Å². The molecule has 1 aromatic carbocycles. The van der Waals surface area contributed by atoms with E-state index >= 15 is 0 Å².